The van der Waals surface area contributed by atoms with Gasteiger partial charge in [0.25, 0.3) is 5.79 Å². The first kappa shape index (κ1) is 63.2. The van der Waals surface area contributed by atoms with E-state index < -0.39 is 58.1 Å². The number of primary amides is 1. The highest BCUT2D eigenvalue weighted by molar-refractivity contribution is 7.80. The second-order valence-corrected chi connectivity index (χ2v) is 16.1. The van der Waals surface area contributed by atoms with Crippen LogP contribution in [0.25, 0.3) is 0 Å². The summed E-state index contributed by atoms with van der Waals surface area (Å²) in [6, 6.07) is 18.2. The Morgan fingerprint density at radius 3 is 1.08 bits per heavy atom. The van der Waals surface area contributed by atoms with Gasteiger partial charge in [0.2, 0.25) is 11.7 Å². The Bertz CT molecular complexity index is 2170. The molecule has 1 heterocycles. The molecule has 23 heteroatoms. The van der Waals surface area contributed by atoms with Crippen molar-refractivity contribution in [2.45, 2.75) is 51.1 Å². The Morgan fingerprint density at radius 1 is 0.563 bits per heavy atom. The molecular formula is C48H68N4O15S4. The molecule has 0 aliphatic heterocycles. The summed E-state index contributed by atoms with van der Waals surface area (Å²) in [6.07, 6.45) is 5.58. The van der Waals surface area contributed by atoms with Gasteiger partial charge in [0.05, 0.1) is 45.3 Å². The Kier molecular flexibility index (Phi) is 32.9. The number of allylic oxidation sites excluding steroid dienone is 3. The number of amides is 1. The lowest BCUT2D eigenvalue weighted by Crippen LogP contribution is -2.54. The number of thiol groups is 4. The highest BCUT2D eigenvalue weighted by Crippen LogP contribution is 2.30. The number of Topliss-reactive ketones (excluding diaryl/α,β-unsaturated/α-hetero) is 1. The molecule has 0 atom stereocenters. The average Bonchev–Trinajstić information content (AvgIpc) is 3.40. The van der Waals surface area contributed by atoms with Crippen molar-refractivity contribution in [3.05, 3.63) is 154 Å². The van der Waals surface area contributed by atoms with Crippen molar-refractivity contribution >= 4 is 86.1 Å². The highest BCUT2D eigenvalue weighted by Gasteiger charge is 2.41. The van der Waals surface area contributed by atoms with Crippen molar-refractivity contribution in [3.8, 4) is 0 Å². The van der Waals surface area contributed by atoms with E-state index in [-0.39, 0.29) is 102 Å². The minimum atomic E-state index is -1.40. The highest BCUT2D eigenvalue weighted by atomic mass is 32.1. The van der Waals surface area contributed by atoms with E-state index in [1.807, 2.05) is 48.5 Å². The van der Waals surface area contributed by atoms with Gasteiger partial charge >= 0.3 is 40.9 Å². The summed E-state index contributed by atoms with van der Waals surface area (Å²) < 4.78 is 44.5. The number of carbonyl (C=O) groups is 6. The molecule has 2 aromatic carbocycles. The zero-order valence-corrected chi connectivity index (χ0v) is 43.4. The molecule has 1 aromatic heterocycles. The predicted octanol–water partition coefficient (Wildman–Crippen LogP) is 4.32. The fraction of sp³-hybridized carbons (Fsp3) is 0.396. The molecule has 0 radical (unpaired) electrons. The third kappa shape index (κ3) is 23.3. The van der Waals surface area contributed by atoms with Gasteiger partial charge in [-0.25, -0.2) is 28.1 Å². The Morgan fingerprint density at radius 2 is 0.845 bits per heavy atom. The molecule has 0 aliphatic rings. The van der Waals surface area contributed by atoms with Crippen LogP contribution in [-0.2, 0) is 77.8 Å². The molecule has 0 aliphatic carbocycles. The number of ether oxygens (including phenoxy) is 6. The van der Waals surface area contributed by atoms with Gasteiger partial charge in [-0.3, -0.25) is 28.8 Å². The number of hydrogen-bond acceptors (Lipinski definition) is 19. The number of benzene rings is 2. The van der Waals surface area contributed by atoms with Crippen molar-refractivity contribution in [2.75, 3.05) is 63.7 Å². The SMILES string of the molecule is C=CC(N)=O.C=CCn1c(=O)n(CC=C)c(=O)n(CC=C)c1=O.COC(OC)(C(=O)c1ccccc1)c1ccccc1.O=C(CCS)OCC(COC(=O)CCS)(COC(=O)CCS)COC(=O)CCS.[3HH].[3H][3H]. The summed E-state index contributed by atoms with van der Waals surface area (Å²) in [4.78, 5) is 105. The lowest BCUT2D eigenvalue weighted by atomic mass is 9.92. The van der Waals surface area contributed by atoms with Gasteiger partial charge in [-0.15, -0.1) is 19.7 Å². The van der Waals surface area contributed by atoms with Crippen molar-refractivity contribution in [1.29, 1.82) is 0 Å². The van der Waals surface area contributed by atoms with Crippen LogP contribution >= 0.6 is 50.5 Å². The maximum atomic E-state index is 12.7. The Hall–Kier alpha value is -5.85. The van der Waals surface area contributed by atoms with Crippen LogP contribution in [0.4, 0.5) is 0 Å². The van der Waals surface area contributed by atoms with Crippen molar-refractivity contribution < 1.29 is 61.6 Å². The number of nitrogens with zero attached hydrogens (tertiary/aromatic N) is 3. The second-order valence-electron chi connectivity index (χ2n) is 14.3. The van der Waals surface area contributed by atoms with E-state index in [2.05, 4.69) is 82.6 Å². The molecule has 0 bridgehead atoms. The average molecular weight is 1080 g/mol. The van der Waals surface area contributed by atoms with Gasteiger partial charge in [-0.1, -0.05) is 85.5 Å². The van der Waals surface area contributed by atoms with E-state index in [4.69, 9.17) is 31.4 Å². The van der Waals surface area contributed by atoms with E-state index in [0.717, 1.165) is 19.8 Å². The fourth-order valence-electron chi connectivity index (χ4n) is 5.45. The molecule has 1 amide bonds. The minimum absolute atomic E-state index is 0. The summed E-state index contributed by atoms with van der Waals surface area (Å²) in [5, 5.41) is 0. The number of ketones is 1. The van der Waals surface area contributed by atoms with E-state index >= 15 is 0 Å². The summed E-state index contributed by atoms with van der Waals surface area (Å²) in [5.74, 6) is -3.08. The first-order valence-corrected chi connectivity index (χ1v) is 24.0. The van der Waals surface area contributed by atoms with E-state index in [9.17, 15) is 43.2 Å². The summed E-state index contributed by atoms with van der Waals surface area (Å²) in [5.41, 5.74) is 2.52. The predicted molar refractivity (Wildman–Crippen MR) is 286 cm³/mol. The molecule has 0 saturated carbocycles. The number of rotatable bonds is 28. The second kappa shape index (κ2) is 37.0. The van der Waals surface area contributed by atoms with Gasteiger partial charge < -0.3 is 34.2 Å². The molecule has 0 unspecified atom stereocenters. The third-order valence-electron chi connectivity index (χ3n) is 9.01. The van der Waals surface area contributed by atoms with Gasteiger partial charge in [-0.05, 0) is 6.08 Å². The molecule has 0 spiro atoms. The third-order valence-corrected chi connectivity index (χ3v) is 9.90. The summed E-state index contributed by atoms with van der Waals surface area (Å²) in [7, 11) is 2.94. The maximum absolute atomic E-state index is 12.7. The molecule has 3 rings (SSSR count). The number of methoxy groups -OCH3 is 2. The lowest BCUT2D eigenvalue weighted by molar-refractivity contribution is -0.176. The minimum Gasteiger partial charge on any atom is -0.465 e. The van der Waals surface area contributed by atoms with Crippen molar-refractivity contribution in [3.63, 3.8) is 0 Å². The van der Waals surface area contributed by atoms with Gasteiger partial charge in [0.15, 0.2) is 0 Å². The van der Waals surface area contributed by atoms with Crippen LogP contribution in [0.1, 0.15) is 46.0 Å². The topological polar surface area (TPSA) is 250 Å². The van der Waals surface area contributed by atoms with Crippen LogP contribution in [0.3, 0.4) is 0 Å². The Labute approximate surface area is 439 Å². The molecule has 0 saturated heterocycles. The molecular weight excluding hydrogens is 1000 g/mol. The van der Waals surface area contributed by atoms with Crippen LogP contribution < -0.4 is 22.8 Å². The van der Waals surface area contributed by atoms with Gasteiger partial charge in [0.1, 0.15) is 31.8 Å². The largest absolute Gasteiger partial charge is 0.465 e. The van der Waals surface area contributed by atoms with Crippen molar-refractivity contribution in [1.82, 2.24) is 13.7 Å². The number of aromatic nitrogens is 3. The standard InChI is InChI=1S/C17H28O8S4.C16H16O3.C12H15N3O3.C3H5NO.2H2/c18-13(1-5-26)22-9-17(10-23-14(19)2-6-27,11-24-15(20)3-7-28)12-25-16(21)4-8-29;1-18-16(19-2,14-11-7-4-8-12-14)15(17)13-9-5-3-6-10-13;1-4-7-13-10(16)14(8-5-2)12(18)15(9-6-3)11(13)17;1-2-3(4)5;;/h26-29H,1-12H2;3-12H,1-2H3;4-6H,1-3,7-9H2;2H,1H2,(H2,4,5);2*1H/i;;;;1+2T;1+2. The van der Waals surface area contributed by atoms with Crippen LogP contribution in [-0.4, -0.2) is 113 Å². The van der Waals surface area contributed by atoms with Crippen LogP contribution in [0.15, 0.2) is 126 Å². The van der Waals surface area contributed by atoms with E-state index in [0.29, 0.717) is 11.1 Å². The van der Waals surface area contributed by atoms with Crippen molar-refractivity contribution in [2.24, 2.45) is 11.1 Å². The normalized spacial score (nSPS) is 10.6. The maximum Gasteiger partial charge on any atom is 0.336 e. The van der Waals surface area contributed by atoms with Gasteiger partial charge in [0, 0.05) is 52.8 Å². The Balaban J connectivity index is -0.000000979. The number of esters is 4. The first-order chi connectivity index (χ1) is 34.9. The number of nitrogens with two attached hydrogens (primary N) is 1. The fourth-order valence-corrected chi connectivity index (χ4v) is 6.18. The summed E-state index contributed by atoms with van der Waals surface area (Å²) >= 11 is 15.9. The van der Waals surface area contributed by atoms with Crippen LogP contribution in [0, 0.1) is 5.41 Å². The molecule has 19 nitrogen and oxygen atoms in total. The zero-order chi connectivity index (χ0) is 55.8. The van der Waals surface area contributed by atoms with Gasteiger partial charge in [-0.2, -0.15) is 50.5 Å². The molecule has 0 fully saturated rings. The molecule has 3 aromatic rings. The number of hydrogen-bond donors (Lipinski definition) is 5. The molecule has 2 N–H and O–H groups in total. The monoisotopic (exact) mass is 1070 g/mol. The smallest absolute Gasteiger partial charge is 0.336 e. The first-order valence-electron chi connectivity index (χ1n) is 22.4. The quantitative estimate of drug-likeness (QED) is 0.0129. The van der Waals surface area contributed by atoms with E-state index in [1.165, 1.54) is 32.4 Å². The molecule has 71 heavy (non-hydrogen) atoms. The molecule has 394 valence electrons. The zero-order valence-electron chi connectivity index (χ0n) is 41.8. The van der Waals surface area contributed by atoms with Crippen LogP contribution in [0.2, 0.25) is 0 Å². The lowest BCUT2D eigenvalue weighted by Gasteiger charge is -2.31. The number of carbonyl (C=O) groups excluding carboxylic acids is 6. The van der Waals surface area contributed by atoms with Crippen LogP contribution in [0.5, 0.6) is 0 Å². The van der Waals surface area contributed by atoms with E-state index in [1.54, 1.807) is 12.1 Å². The summed E-state index contributed by atoms with van der Waals surface area (Å²) in [6.45, 7) is 12.5.